The van der Waals surface area contributed by atoms with Gasteiger partial charge in [0.1, 0.15) is 12.1 Å². The molecule has 0 bridgehead atoms. The number of aryl methyl sites for hydroxylation is 1. The number of imidazole rings is 1. The summed E-state index contributed by atoms with van der Waals surface area (Å²) in [6.45, 7) is 2.10. The lowest BCUT2D eigenvalue weighted by Gasteiger charge is -2.21. The van der Waals surface area contributed by atoms with Crippen LogP contribution in [0.15, 0.2) is 23.0 Å². The number of fused-ring (bicyclic) bond motifs is 1. The Hall–Kier alpha value is -2.89. The number of nitrogens with zero attached hydrogens (tertiary/aromatic N) is 2. The van der Waals surface area contributed by atoms with Crippen molar-refractivity contribution in [1.29, 1.82) is 0 Å². The van der Waals surface area contributed by atoms with Gasteiger partial charge < -0.3 is 10.1 Å². The second-order valence-corrected chi connectivity index (χ2v) is 6.68. The molecule has 140 valence electrons. The second kappa shape index (κ2) is 7.02. The highest BCUT2D eigenvalue weighted by Crippen LogP contribution is 2.24. The molecule has 0 aliphatic carbocycles. The highest BCUT2D eigenvalue weighted by atomic mass is 16.5. The largest absolute Gasteiger partial charge is 0.363 e. The Kier molecular flexibility index (Phi) is 4.56. The summed E-state index contributed by atoms with van der Waals surface area (Å²) in [5, 5.41) is 5.54. The number of morpholine rings is 1. The van der Waals surface area contributed by atoms with E-state index in [0.717, 1.165) is 6.54 Å². The van der Waals surface area contributed by atoms with Gasteiger partial charge in [-0.05, 0) is 18.6 Å². The maximum absolute atomic E-state index is 12.9. The average Bonchev–Trinajstić information content (AvgIpc) is 2.93. The number of nitrogens with one attached hydrogen (secondary N) is 2. The van der Waals surface area contributed by atoms with E-state index in [-0.39, 0.29) is 24.1 Å². The molecular weight excluding hydrogens is 348 g/mol. The Morgan fingerprint density at radius 2 is 2.11 bits per heavy atom. The number of imide groups is 1. The third-order valence-corrected chi connectivity index (χ3v) is 4.92. The molecule has 0 radical (unpaired) electrons. The Bertz CT molecular complexity index is 1030. The number of ether oxygens (including phenoxy) is 1. The Labute approximate surface area is 155 Å². The van der Waals surface area contributed by atoms with Crippen LogP contribution in [0.5, 0.6) is 0 Å². The van der Waals surface area contributed by atoms with Crippen LogP contribution in [0.4, 0.5) is 0 Å². The number of hydrogen-bond donors (Lipinski definition) is 2. The molecule has 1 unspecified atom stereocenters. The molecule has 2 saturated heterocycles. The van der Waals surface area contributed by atoms with Crippen molar-refractivity contribution in [3.63, 3.8) is 0 Å². The van der Waals surface area contributed by atoms with E-state index in [1.807, 2.05) is 12.1 Å². The van der Waals surface area contributed by atoms with Crippen molar-refractivity contribution < 1.29 is 14.3 Å². The number of rotatable bonds is 1. The molecule has 2 N–H and O–H groups in total. The van der Waals surface area contributed by atoms with Gasteiger partial charge in [0.25, 0.3) is 0 Å². The number of para-hydroxylation sites is 1. The van der Waals surface area contributed by atoms with Crippen LogP contribution in [0, 0.1) is 11.8 Å². The van der Waals surface area contributed by atoms with Gasteiger partial charge in [-0.1, -0.05) is 17.9 Å². The first-order valence-electron chi connectivity index (χ1n) is 8.94. The van der Waals surface area contributed by atoms with E-state index in [0.29, 0.717) is 36.2 Å². The van der Waals surface area contributed by atoms with Gasteiger partial charge in [-0.15, -0.1) is 0 Å². The van der Waals surface area contributed by atoms with Crippen LogP contribution < -0.4 is 16.3 Å². The van der Waals surface area contributed by atoms with Crippen molar-refractivity contribution in [1.82, 2.24) is 19.8 Å². The number of hydrogen-bond acceptors (Lipinski definition) is 5. The number of aromatic nitrogens is 2. The minimum atomic E-state index is -0.701. The Morgan fingerprint density at radius 3 is 2.85 bits per heavy atom. The fourth-order valence-corrected chi connectivity index (χ4v) is 3.59. The molecule has 8 nitrogen and oxygen atoms in total. The predicted octanol–water partition coefficient (Wildman–Crippen LogP) is -0.342. The van der Waals surface area contributed by atoms with Gasteiger partial charge in [0.15, 0.2) is 0 Å². The Morgan fingerprint density at radius 1 is 1.26 bits per heavy atom. The van der Waals surface area contributed by atoms with Gasteiger partial charge in [-0.3, -0.25) is 24.0 Å². The maximum Gasteiger partial charge on any atom is 0.329 e. The zero-order valence-corrected chi connectivity index (χ0v) is 14.9. The lowest BCUT2D eigenvalue weighted by atomic mass is 10.1. The van der Waals surface area contributed by atoms with E-state index in [1.54, 1.807) is 13.1 Å². The molecule has 1 aromatic carbocycles. The zero-order chi connectivity index (χ0) is 19.0. The van der Waals surface area contributed by atoms with Crippen molar-refractivity contribution in [2.24, 2.45) is 7.05 Å². The van der Waals surface area contributed by atoms with Crippen LogP contribution in [-0.2, 0) is 21.4 Å². The summed E-state index contributed by atoms with van der Waals surface area (Å²) in [6, 6.07) is 4.76. The third-order valence-electron chi connectivity index (χ3n) is 4.92. The van der Waals surface area contributed by atoms with Crippen molar-refractivity contribution in [3.8, 4) is 11.8 Å². The summed E-state index contributed by atoms with van der Waals surface area (Å²) in [7, 11) is 1.66. The highest BCUT2D eigenvalue weighted by molar-refractivity contribution is 6.00. The molecule has 2 fully saturated rings. The van der Waals surface area contributed by atoms with Gasteiger partial charge in [0, 0.05) is 26.6 Å². The smallest absolute Gasteiger partial charge is 0.329 e. The minimum Gasteiger partial charge on any atom is -0.363 e. The van der Waals surface area contributed by atoms with E-state index >= 15 is 0 Å². The quantitative estimate of drug-likeness (QED) is 0.530. The molecule has 2 atom stereocenters. The van der Waals surface area contributed by atoms with Gasteiger partial charge in [0.05, 0.1) is 23.2 Å². The monoisotopic (exact) mass is 368 g/mol. The van der Waals surface area contributed by atoms with Crippen LogP contribution in [0.25, 0.3) is 11.0 Å². The number of benzene rings is 1. The molecule has 2 amide bonds. The van der Waals surface area contributed by atoms with Crippen molar-refractivity contribution in [3.05, 3.63) is 34.2 Å². The molecule has 2 aromatic rings. The first-order valence-corrected chi connectivity index (χ1v) is 8.94. The molecule has 4 rings (SSSR count). The van der Waals surface area contributed by atoms with Gasteiger partial charge >= 0.3 is 5.69 Å². The average molecular weight is 368 g/mol. The SMILES string of the molecule is Cn1c(=O)n(C2CCC(=O)NC2=O)c2cccc(C#C[C@@H]3CNCCO3)c21. The lowest BCUT2D eigenvalue weighted by molar-refractivity contribution is -0.135. The zero-order valence-electron chi connectivity index (χ0n) is 14.9. The van der Waals surface area contributed by atoms with Gasteiger partial charge in [-0.25, -0.2) is 4.79 Å². The van der Waals surface area contributed by atoms with E-state index in [2.05, 4.69) is 22.5 Å². The van der Waals surface area contributed by atoms with E-state index in [1.165, 1.54) is 9.13 Å². The van der Waals surface area contributed by atoms with Crippen molar-refractivity contribution in [2.45, 2.75) is 25.0 Å². The number of carbonyl (C=O) groups is 2. The Balaban J connectivity index is 1.78. The highest BCUT2D eigenvalue weighted by Gasteiger charge is 2.31. The molecule has 8 heteroatoms. The number of piperidine rings is 1. The van der Waals surface area contributed by atoms with E-state index in [4.69, 9.17) is 4.74 Å². The van der Waals surface area contributed by atoms with Crippen molar-refractivity contribution >= 4 is 22.8 Å². The topological polar surface area (TPSA) is 94.4 Å². The molecule has 1 aromatic heterocycles. The van der Waals surface area contributed by atoms with Crippen LogP contribution in [-0.4, -0.2) is 46.7 Å². The molecule has 27 heavy (non-hydrogen) atoms. The molecule has 2 aliphatic rings. The van der Waals surface area contributed by atoms with Crippen molar-refractivity contribution in [2.75, 3.05) is 19.7 Å². The van der Waals surface area contributed by atoms with Gasteiger partial charge in [-0.2, -0.15) is 0 Å². The standard InChI is InChI=1S/C19H20N4O4/c1-22-17-12(5-6-13-11-20-9-10-27-13)3-2-4-14(17)23(19(22)26)15-7-8-16(24)21-18(15)25/h2-4,13,15,20H,7-11H2,1H3,(H,21,24,25)/t13-,15?/m1/s1. The summed E-state index contributed by atoms with van der Waals surface area (Å²) >= 11 is 0. The van der Waals surface area contributed by atoms with Crippen LogP contribution in [0.2, 0.25) is 0 Å². The van der Waals surface area contributed by atoms with E-state index in [9.17, 15) is 14.4 Å². The summed E-state index contributed by atoms with van der Waals surface area (Å²) in [5.74, 6) is 5.46. The first-order chi connectivity index (χ1) is 13.1. The van der Waals surface area contributed by atoms with Crippen LogP contribution >= 0.6 is 0 Å². The van der Waals surface area contributed by atoms with E-state index < -0.39 is 11.9 Å². The number of amides is 2. The molecule has 0 spiro atoms. The summed E-state index contributed by atoms with van der Waals surface area (Å²) in [6.07, 6.45) is 0.328. The summed E-state index contributed by atoms with van der Waals surface area (Å²) in [5.41, 5.74) is 1.70. The third kappa shape index (κ3) is 3.16. The minimum absolute atomic E-state index is 0.191. The number of carbonyl (C=O) groups excluding carboxylic acids is 2. The maximum atomic E-state index is 12.9. The summed E-state index contributed by atoms with van der Waals surface area (Å²) in [4.78, 5) is 36.6. The normalized spacial score (nSPS) is 23.0. The first kappa shape index (κ1) is 17.5. The molecule has 3 heterocycles. The fourth-order valence-electron chi connectivity index (χ4n) is 3.59. The van der Waals surface area contributed by atoms with Crippen LogP contribution in [0.3, 0.4) is 0 Å². The van der Waals surface area contributed by atoms with Gasteiger partial charge in [0.2, 0.25) is 11.8 Å². The predicted molar refractivity (Wildman–Crippen MR) is 98.1 cm³/mol. The molecular formula is C19H20N4O4. The second-order valence-electron chi connectivity index (χ2n) is 6.68. The molecule has 2 aliphatic heterocycles. The lowest BCUT2D eigenvalue weighted by Crippen LogP contribution is -2.44. The molecule has 0 saturated carbocycles. The fraction of sp³-hybridized carbons (Fsp3) is 0.421. The van der Waals surface area contributed by atoms with Crippen LogP contribution in [0.1, 0.15) is 24.4 Å². The summed E-state index contributed by atoms with van der Waals surface area (Å²) < 4.78 is 8.56.